The Bertz CT molecular complexity index is 1440. The Morgan fingerprint density at radius 2 is 1.61 bits per heavy atom. The topological polar surface area (TPSA) is 38.9 Å². The lowest BCUT2D eigenvalue weighted by molar-refractivity contribution is 0.151. The molecule has 0 fully saturated rings. The zero-order valence-corrected chi connectivity index (χ0v) is 18.4. The van der Waals surface area contributed by atoms with Gasteiger partial charge in [0.05, 0.1) is 5.52 Å². The molecule has 8 heteroatoms. The normalized spacial score (nSPS) is 11.4. The Morgan fingerprint density at radius 3 is 2.33 bits per heavy atom. The van der Waals surface area contributed by atoms with Gasteiger partial charge in [-0.3, -0.25) is 4.98 Å². The molecule has 2 heterocycles. The molecular weight excluding hydrogens is 469 g/mol. The fraction of sp³-hybridized carbons (Fsp3) is 0.0400. The number of nitrogens with zero attached hydrogens (tertiary/aromatic N) is 2. The minimum Gasteiger partial charge on any atom is -0.429 e. The Balaban J connectivity index is 1.60. The van der Waals surface area contributed by atoms with Crippen molar-refractivity contribution in [1.29, 1.82) is 0 Å². The maximum atomic E-state index is 13.4. The SMILES string of the molecule is Fc1ccc(-c2nc(-c3ccc4cc(C(F)F)cnc4c3)c(Sc3ccc(Cl)cc3)o2)cc1. The van der Waals surface area contributed by atoms with Crippen LogP contribution >= 0.6 is 23.4 Å². The van der Waals surface area contributed by atoms with Gasteiger partial charge in [0, 0.05) is 38.2 Å². The summed E-state index contributed by atoms with van der Waals surface area (Å²) in [5.74, 6) is -0.0207. The maximum absolute atomic E-state index is 13.4. The van der Waals surface area contributed by atoms with Crippen LogP contribution in [0.5, 0.6) is 0 Å². The minimum atomic E-state index is -2.59. The summed E-state index contributed by atoms with van der Waals surface area (Å²) < 4.78 is 45.5. The highest BCUT2D eigenvalue weighted by Crippen LogP contribution is 2.40. The first kappa shape index (κ1) is 21.6. The molecule has 0 bridgehead atoms. The summed E-state index contributed by atoms with van der Waals surface area (Å²) in [5.41, 5.74) is 2.34. The molecule has 0 spiro atoms. The average molecular weight is 483 g/mol. The molecule has 2 aromatic heterocycles. The molecule has 0 aliphatic heterocycles. The van der Waals surface area contributed by atoms with Crippen LogP contribution in [-0.2, 0) is 0 Å². The molecule has 5 rings (SSSR count). The van der Waals surface area contributed by atoms with Gasteiger partial charge in [-0.25, -0.2) is 18.2 Å². The summed E-state index contributed by atoms with van der Waals surface area (Å²) in [6.07, 6.45) is -1.41. The van der Waals surface area contributed by atoms with Crippen LogP contribution in [-0.4, -0.2) is 9.97 Å². The lowest BCUT2D eigenvalue weighted by Crippen LogP contribution is -1.89. The van der Waals surface area contributed by atoms with E-state index in [2.05, 4.69) is 9.97 Å². The summed E-state index contributed by atoms with van der Waals surface area (Å²) in [6, 6.07) is 19.9. The van der Waals surface area contributed by atoms with Gasteiger partial charge in [-0.1, -0.05) is 23.7 Å². The zero-order valence-electron chi connectivity index (χ0n) is 16.8. The number of aromatic nitrogens is 2. The lowest BCUT2D eigenvalue weighted by Gasteiger charge is -2.05. The fourth-order valence-corrected chi connectivity index (χ4v) is 4.28. The van der Waals surface area contributed by atoms with Crippen LogP contribution in [0.1, 0.15) is 12.0 Å². The molecule has 164 valence electrons. The molecule has 33 heavy (non-hydrogen) atoms. The van der Waals surface area contributed by atoms with E-state index in [0.29, 0.717) is 43.7 Å². The molecule has 3 nitrogen and oxygen atoms in total. The van der Waals surface area contributed by atoms with E-state index < -0.39 is 6.43 Å². The molecule has 0 saturated heterocycles. The van der Waals surface area contributed by atoms with E-state index in [0.717, 1.165) is 4.90 Å². The number of rotatable bonds is 5. The molecule has 0 atom stereocenters. The molecule has 0 aliphatic carbocycles. The molecule has 0 aliphatic rings. The van der Waals surface area contributed by atoms with Crippen LogP contribution in [0.3, 0.4) is 0 Å². The van der Waals surface area contributed by atoms with Crippen molar-refractivity contribution in [2.75, 3.05) is 0 Å². The van der Waals surface area contributed by atoms with Crippen LogP contribution in [0.4, 0.5) is 13.2 Å². The molecule has 0 N–H and O–H groups in total. The Hall–Kier alpha value is -3.29. The van der Waals surface area contributed by atoms with Crippen molar-refractivity contribution in [2.45, 2.75) is 16.4 Å². The third-order valence-corrected chi connectivity index (χ3v) is 6.16. The number of halogens is 4. The summed E-state index contributed by atoms with van der Waals surface area (Å²) in [4.78, 5) is 9.74. The van der Waals surface area contributed by atoms with E-state index in [1.807, 2.05) is 12.1 Å². The lowest BCUT2D eigenvalue weighted by atomic mass is 10.1. The number of oxazole rings is 1. The smallest absolute Gasteiger partial charge is 0.265 e. The highest BCUT2D eigenvalue weighted by atomic mass is 35.5. The molecule has 0 saturated carbocycles. The van der Waals surface area contributed by atoms with Gasteiger partial charge >= 0.3 is 0 Å². The summed E-state index contributed by atoms with van der Waals surface area (Å²) in [7, 11) is 0. The van der Waals surface area contributed by atoms with Gasteiger partial charge in [0.25, 0.3) is 6.43 Å². The molecular formula is C25H14ClF3N2OS. The third-order valence-electron chi connectivity index (χ3n) is 4.94. The largest absolute Gasteiger partial charge is 0.429 e. The van der Waals surface area contributed by atoms with Gasteiger partial charge in [0.15, 0.2) is 5.09 Å². The summed E-state index contributed by atoms with van der Waals surface area (Å²) in [5, 5.41) is 1.75. The first-order valence-electron chi connectivity index (χ1n) is 9.85. The van der Waals surface area contributed by atoms with Crippen LogP contribution in [0, 0.1) is 5.82 Å². The van der Waals surface area contributed by atoms with E-state index in [4.69, 9.17) is 16.0 Å². The second-order valence-electron chi connectivity index (χ2n) is 7.19. The van der Waals surface area contributed by atoms with E-state index >= 15 is 0 Å². The zero-order chi connectivity index (χ0) is 22.9. The maximum Gasteiger partial charge on any atom is 0.265 e. The quantitative estimate of drug-likeness (QED) is 0.252. The summed E-state index contributed by atoms with van der Waals surface area (Å²) >= 11 is 7.36. The van der Waals surface area contributed by atoms with Gasteiger partial charge in [0.1, 0.15) is 11.5 Å². The van der Waals surface area contributed by atoms with Crippen LogP contribution in [0.15, 0.2) is 93.4 Å². The average Bonchev–Trinajstić information content (AvgIpc) is 3.24. The highest BCUT2D eigenvalue weighted by molar-refractivity contribution is 7.99. The predicted molar refractivity (Wildman–Crippen MR) is 123 cm³/mol. The number of benzene rings is 3. The van der Waals surface area contributed by atoms with Crippen molar-refractivity contribution in [3.8, 4) is 22.7 Å². The molecule has 0 radical (unpaired) electrons. The van der Waals surface area contributed by atoms with Gasteiger partial charge in [-0.05, 0) is 72.4 Å². The number of pyridine rings is 1. The molecule has 0 unspecified atom stereocenters. The Kier molecular flexibility index (Phi) is 5.83. The van der Waals surface area contributed by atoms with Gasteiger partial charge in [-0.2, -0.15) is 0 Å². The number of fused-ring (bicyclic) bond motifs is 1. The third kappa shape index (κ3) is 4.60. The second kappa shape index (κ2) is 8.92. The predicted octanol–water partition coefficient (Wildman–Crippen LogP) is 8.44. The van der Waals surface area contributed by atoms with Crippen molar-refractivity contribution in [3.63, 3.8) is 0 Å². The Labute approximate surface area is 196 Å². The van der Waals surface area contributed by atoms with Crippen molar-refractivity contribution >= 4 is 34.3 Å². The second-order valence-corrected chi connectivity index (χ2v) is 8.68. The molecule has 3 aromatic carbocycles. The van der Waals surface area contributed by atoms with Gasteiger partial charge < -0.3 is 4.42 Å². The first-order valence-corrected chi connectivity index (χ1v) is 11.0. The van der Waals surface area contributed by atoms with Crippen LogP contribution in [0.25, 0.3) is 33.6 Å². The Morgan fingerprint density at radius 1 is 0.879 bits per heavy atom. The first-order chi connectivity index (χ1) is 16.0. The number of hydrogen-bond donors (Lipinski definition) is 0. The van der Waals surface area contributed by atoms with Crippen molar-refractivity contribution in [1.82, 2.24) is 9.97 Å². The highest BCUT2D eigenvalue weighted by Gasteiger charge is 2.19. The van der Waals surface area contributed by atoms with Gasteiger partial charge in [-0.15, -0.1) is 0 Å². The minimum absolute atomic E-state index is 0.130. The van der Waals surface area contributed by atoms with Crippen LogP contribution < -0.4 is 0 Å². The number of hydrogen-bond acceptors (Lipinski definition) is 4. The van der Waals surface area contributed by atoms with Gasteiger partial charge in [0.2, 0.25) is 5.89 Å². The number of alkyl halides is 2. The van der Waals surface area contributed by atoms with E-state index in [1.165, 1.54) is 36.2 Å². The van der Waals surface area contributed by atoms with Crippen molar-refractivity contribution < 1.29 is 17.6 Å². The van der Waals surface area contributed by atoms with Crippen LogP contribution in [0.2, 0.25) is 5.02 Å². The van der Waals surface area contributed by atoms with E-state index in [9.17, 15) is 13.2 Å². The van der Waals surface area contributed by atoms with Crippen molar-refractivity contribution in [3.05, 3.63) is 95.4 Å². The summed E-state index contributed by atoms with van der Waals surface area (Å²) in [6.45, 7) is 0. The molecule has 0 amide bonds. The standard InChI is InChI=1S/C25H14ClF3N2OS/c26-18-5-9-20(10-6-18)33-25-22(31-24(32-25)14-3-7-19(27)8-4-14)16-2-1-15-11-17(23(28)29)13-30-21(15)12-16/h1-13,23H. The van der Waals surface area contributed by atoms with E-state index in [1.54, 1.807) is 42.5 Å². The van der Waals surface area contributed by atoms with E-state index in [-0.39, 0.29) is 11.4 Å². The fourth-order valence-electron chi connectivity index (χ4n) is 3.29. The monoisotopic (exact) mass is 482 g/mol. The van der Waals surface area contributed by atoms with Crippen molar-refractivity contribution in [2.24, 2.45) is 0 Å². The molecule has 5 aromatic rings.